The summed E-state index contributed by atoms with van der Waals surface area (Å²) in [4.78, 5) is 12.3. The number of nitrogens with one attached hydrogen (secondary N) is 1. The first-order valence-electron chi connectivity index (χ1n) is 6.66. The molecule has 1 saturated carbocycles. The summed E-state index contributed by atoms with van der Waals surface area (Å²) >= 11 is 0. The Balaban J connectivity index is 2.10. The third-order valence-electron chi connectivity index (χ3n) is 4.29. The summed E-state index contributed by atoms with van der Waals surface area (Å²) in [5.74, 6) is 1.25. The predicted octanol–water partition coefficient (Wildman–Crippen LogP) is 2.74. The molecule has 1 aromatic rings. The minimum absolute atomic E-state index is 0.00532. The molecule has 1 aromatic carbocycles. The maximum Gasteiger partial charge on any atom is 0.251 e. The van der Waals surface area contributed by atoms with Gasteiger partial charge in [0.25, 0.3) is 5.91 Å². The van der Waals surface area contributed by atoms with E-state index in [9.17, 15) is 4.79 Å². The minimum Gasteiger partial charge on any atom is -0.399 e. The van der Waals surface area contributed by atoms with Crippen molar-refractivity contribution in [1.29, 1.82) is 0 Å². The van der Waals surface area contributed by atoms with Gasteiger partial charge in [0, 0.05) is 17.3 Å². The Kier molecular flexibility index (Phi) is 3.60. The quantitative estimate of drug-likeness (QED) is 0.788. The second-order valence-electron chi connectivity index (χ2n) is 5.57. The molecule has 3 atom stereocenters. The van der Waals surface area contributed by atoms with Crippen LogP contribution >= 0.6 is 0 Å². The van der Waals surface area contributed by atoms with Gasteiger partial charge in [-0.15, -0.1) is 0 Å². The number of hydrogen-bond acceptors (Lipinski definition) is 2. The number of aryl methyl sites for hydroxylation is 1. The number of anilines is 1. The highest BCUT2D eigenvalue weighted by Gasteiger charge is 2.31. The Bertz CT molecular complexity index is 456. The molecule has 0 aromatic heterocycles. The smallest absolute Gasteiger partial charge is 0.251 e. The molecule has 1 aliphatic rings. The zero-order valence-corrected chi connectivity index (χ0v) is 11.4. The van der Waals surface area contributed by atoms with Crippen molar-refractivity contribution in [2.45, 2.75) is 39.7 Å². The average molecular weight is 246 g/mol. The molecule has 0 saturated heterocycles. The van der Waals surface area contributed by atoms with Gasteiger partial charge in [-0.1, -0.05) is 19.9 Å². The van der Waals surface area contributed by atoms with E-state index in [1.165, 1.54) is 6.42 Å². The van der Waals surface area contributed by atoms with Gasteiger partial charge in [0.15, 0.2) is 0 Å². The zero-order chi connectivity index (χ0) is 13.3. The Morgan fingerprint density at radius 1 is 1.33 bits per heavy atom. The van der Waals surface area contributed by atoms with Crippen LogP contribution in [0.1, 0.15) is 42.6 Å². The number of nitrogens with two attached hydrogens (primary N) is 1. The van der Waals surface area contributed by atoms with E-state index in [4.69, 9.17) is 5.73 Å². The lowest BCUT2D eigenvalue weighted by Gasteiger charge is -2.20. The van der Waals surface area contributed by atoms with Crippen molar-refractivity contribution in [3.8, 4) is 0 Å². The van der Waals surface area contributed by atoms with Crippen molar-refractivity contribution in [2.24, 2.45) is 11.8 Å². The molecule has 0 spiro atoms. The van der Waals surface area contributed by atoms with Crippen LogP contribution in [0.2, 0.25) is 0 Å². The van der Waals surface area contributed by atoms with Gasteiger partial charge in [-0.3, -0.25) is 4.79 Å². The van der Waals surface area contributed by atoms with Gasteiger partial charge >= 0.3 is 0 Å². The molecule has 3 nitrogen and oxygen atoms in total. The molecule has 1 aliphatic carbocycles. The van der Waals surface area contributed by atoms with E-state index in [2.05, 4.69) is 19.2 Å². The molecule has 0 aliphatic heterocycles. The van der Waals surface area contributed by atoms with E-state index in [-0.39, 0.29) is 5.91 Å². The minimum atomic E-state index is 0.00532. The zero-order valence-electron chi connectivity index (χ0n) is 11.4. The Hall–Kier alpha value is -1.51. The molecule has 1 fully saturated rings. The Morgan fingerprint density at radius 2 is 2.06 bits per heavy atom. The van der Waals surface area contributed by atoms with Gasteiger partial charge < -0.3 is 11.1 Å². The lowest BCUT2D eigenvalue weighted by Crippen LogP contribution is -2.37. The molecule has 3 unspecified atom stereocenters. The van der Waals surface area contributed by atoms with E-state index in [0.29, 0.717) is 29.1 Å². The molecule has 3 heteroatoms. The number of benzene rings is 1. The van der Waals surface area contributed by atoms with Crippen LogP contribution in [-0.4, -0.2) is 11.9 Å². The molecule has 0 heterocycles. The van der Waals surface area contributed by atoms with Gasteiger partial charge in [-0.25, -0.2) is 0 Å². The topological polar surface area (TPSA) is 55.1 Å². The molecular weight excluding hydrogens is 224 g/mol. The highest BCUT2D eigenvalue weighted by Crippen LogP contribution is 2.31. The fourth-order valence-electron chi connectivity index (χ4n) is 2.70. The first-order chi connectivity index (χ1) is 8.49. The molecule has 18 heavy (non-hydrogen) atoms. The van der Waals surface area contributed by atoms with Crippen molar-refractivity contribution in [1.82, 2.24) is 5.32 Å². The molecule has 0 radical (unpaired) electrons. The number of rotatable bonds is 2. The first kappa shape index (κ1) is 12.9. The lowest BCUT2D eigenvalue weighted by atomic mass is 9.97. The normalized spacial score (nSPS) is 27.2. The first-order valence-corrected chi connectivity index (χ1v) is 6.66. The van der Waals surface area contributed by atoms with Crippen molar-refractivity contribution in [3.63, 3.8) is 0 Å². The summed E-state index contributed by atoms with van der Waals surface area (Å²) in [6.45, 7) is 6.41. The molecule has 98 valence electrons. The van der Waals surface area contributed by atoms with E-state index < -0.39 is 0 Å². The molecule has 1 amide bonds. The summed E-state index contributed by atoms with van der Waals surface area (Å²) < 4.78 is 0. The third-order valence-corrected chi connectivity index (χ3v) is 4.29. The SMILES string of the molecule is Cc1ccc(N)cc1C(=O)NC1CCC(C)C1C. The van der Waals surface area contributed by atoms with Crippen LogP contribution in [0.15, 0.2) is 18.2 Å². The van der Waals surface area contributed by atoms with Crippen LogP contribution in [0, 0.1) is 18.8 Å². The van der Waals surface area contributed by atoms with Crippen molar-refractivity contribution < 1.29 is 4.79 Å². The van der Waals surface area contributed by atoms with Gasteiger partial charge in [-0.2, -0.15) is 0 Å². The standard InChI is InChI=1S/C15H22N2O/c1-9-5-7-14(11(9)3)17-15(18)13-8-12(16)6-4-10(13)2/h4,6,8-9,11,14H,5,7,16H2,1-3H3,(H,17,18). The van der Waals surface area contributed by atoms with E-state index in [0.717, 1.165) is 12.0 Å². The summed E-state index contributed by atoms with van der Waals surface area (Å²) in [6, 6.07) is 5.78. The third kappa shape index (κ3) is 2.50. The molecule has 3 N–H and O–H groups in total. The number of carbonyl (C=O) groups excluding carboxylic acids is 1. The average Bonchev–Trinajstić information content (AvgIpc) is 2.64. The van der Waals surface area contributed by atoms with Crippen molar-refractivity contribution >= 4 is 11.6 Å². The van der Waals surface area contributed by atoms with Crippen LogP contribution in [-0.2, 0) is 0 Å². The number of amides is 1. The molecular formula is C15H22N2O. The summed E-state index contributed by atoms with van der Waals surface area (Å²) in [5.41, 5.74) is 8.05. The number of carbonyl (C=O) groups is 1. The summed E-state index contributed by atoms with van der Waals surface area (Å²) in [6.07, 6.45) is 2.28. The van der Waals surface area contributed by atoms with Crippen molar-refractivity contribution in [2.75, 3.05) is 5.73 Å². The van der Waals surface area contributed by atoms with Gasteiger partial charge in [0.05, 0.1) is 0 Å². The molecule has 0 bridgehead atoms. The molecule has 2 rings (SSSR count). The second-order valence-corrected chi connectivity index (χ2v) is 5.57. The van der Waals surface area contributed by atoms with E-state index >= 15 is 0 Å². The largest absolute Gasteiger partial charge is 0.399 e. The number of nitrogen functional groups attached to an aromatic ring is 1. The van der Waals surface area contributed by atoms with Gasteiger partial charge in [0.1, 0.15) is 0 Å². The second kappa shape index (κ2) is 5.01. The summed E-state index contributed by atoms with van der Waals surface area (Å²) in [5, 5.41) is 3.15. The van der Waals surface area contributed by atoms with Gasteiger partial charge in [0.2, 0.25) is 0 Å². The maximum absolute atomic E-state index is 12.3. The Labute approximate surface area is 109 Å². The van der Waals surface area contributed by atoms with E-state index in [1.807, 2.05) is 19.1 Å². The van der Waals surface area contributed by atoms with E-state index in [1.54, 1.807) is 6.07 Å². The van der Waals surface area contributed by atoms with Crippen LogP contribution < -0.4 is 11.1 Å². The van der Waals surface area contributed by atoms with Crippen LogP contribution in [0.3, 0.4) is 0 Å². The van der Waals surface area contributed by atoms with Gasteiger partial charge in [-0.05, 0) is 49.3 Å². The Morgan fingerprint density at radius 3 is 2.67 bits per heavy atom. The fraction of sp³-hybridized carbons (Fsp3) is 0.533. The highest BCUT2D eigenvalue weighted by atomic mass is 16.1. The fourth-order valence-corrected chi connectivity index (χ4v) is 2.70. The predicted molar refractivity (Wildman–Crippen MR) is 74.4 cm³/mol. The monoisotopic (exact) mass is 246 g/mol. The lowest BCUT2D eigenvalue weighted by molar-refractivity contribution is 0.0927. The number of hydrogen-bond donors (Lipinski definition) is 2. The maximum atomic E-state index is 12.3. The van der Waals surface area contributed by atoms with Crippen LogP contribution in [0.5, 0.6) is 0 Å². The summed E-state index contributed by atoms with van der Waals surface area (Å²) in [7, 11) is 0. The van der Waals surface area contributed by atoms with Crippen molar-refractivity contribution in [3.05, 3.63) is 29.3 Å². The van der Waals surface area contributed by atoms with Crippen LogP contribution in [0.4, 0.5) is 5.69 Å². The highest BCUT2D eigenvalue weighted by molar-refractivity contribution is 5.96. The van der Waals surface area contributed by atoms with Crippen LogP contribution in [0.25, 0.3) is 0 Å².